The van der Waals surface area contributed by atoms with Crippen LogP contribution in [0.2, 0.25) is 5.02 Å². The third-order valence-electron chi connectivity index (χ3n) is 15.6. The van der Waals surface area contributed by atoms with Gasteiger partial charge in [-0.15, -0.1) is 0 Å². The number of hydrogen-bond donors (Lipinski definition) is 5. The molecule has 5 N–H and O–H groups in total. The van der Waals surface area contributed by atoms with E-state index in [1.807, 2.05) is 13.0 Å². The molecule has 9 atom stereocenters. The number of nitrogens with zero attached hydrogens (tertiary/aromatic N) is 4. The molecule has 30 heteroatoms. The topological polar surface area (TPSA) is 331 Å². The molecule has 4 bridgehead atoms. The Morgan fingerprint density at radius 1 is 0.945 bits per heavy atom. The molecule has 0 aliphatic carbocycles. The molecule has 0 saturated carbocycles. The van der Waals surface area contributed by atoms with Crippen LogP contribution in [0.5, 0.6) is 5.75 Å². The Hall–Kier alpha value is -7.67. The molecule has 4 aliphatic heterocycles. The molecule has 28 nitrogen and oxygen atoms in total. The summed E-state index contributed by atoms with van der Waals surface area (Å²) in [5.41, 5.74) is -0.598. The average molecular weight is 1320 g/mol. The van der Waals surface area contributed by atoms with Gasteiger partial charge in [0.25, 0.3) is 0 Å². The van der Waals surface area contributed by atoms with Crippen LogP contribution in [0.1, 0.15) is 64.5 Å². The monoisotopic (exact) mass is 1310 g/mol. The zero-order valence-corrected chi connectivity index (χ0v) is 54.6. The third kappa shape index (κ3) is 20.4. The van der Waals surface area contributed by atoms with Crippen molar-refractivity contribution in [2.75, 3.05) is 116 Å². The van der Waals surface area contributed by atoms with E-state index < -0.39 is 115 Å². The summed E-state index contributed by atoms with van der Waals surface area (Å²) in [4.78, 5) is 124. The van der Waals surface area contributed by atoms with E-state index in [-0.39, 0.29) is 93.6 Å². The number of anilines is 3. The van der Waals surface area contributed by atoms with E-state index in [4.69, 9.17) is 59.0 Å². The second kappa shape index (κ2) is 33.6. The lowest BCUT2D eigenvalue weighted by molar-refractivity contribution is -0.162. The predicted molar refractivity (Wildman–Crippen MR) is 333 cm³/mol. The minimum Gasteiger partial charge on any atom is -0.495 e. The number of benzene rings is 2. The highest BCUT2D eigenvalue weighted by atomic mass is 35.5. The number of esters is 1. The summed E-state index contributed by atoms with van der Waals surface area (Å²) < 4.78 is 56.3. The quantitative estimate of drug-likeness (QED) is 0.0444. The highest BCUT2D eigenvalue weighted by Gasteiger charge is 2.64. The van der Waals surface area contributed by atoms with Crippen molar-refractivity contribution in [1.82, 2.24) is 25.3 Å². The zero-order chi connectivity index (χ0) is 66.7. The fraction of sp³-hybridized carbons (Fsp3) is 0.557. The summed E-state index contributed by atoms with van der Waals surface area (Å²) in [6.07, 6.45) is 1.55. The van der Waals surface area contributed by atoms with Crippen LogP contribution in [0, 0.1) is 5.92 Å². The molecular formula is C61H83ClN8O20S. The first-order chi connectivity index (χ1) is 43.2. The van der Waals surface area contributed by atoms with E-state index in [0.717, 1.165) is 16.0 Å². The van der Waals surface area contributed by atoms with Crippen LogP contribution in [0.4, 0.5) is 36.2 Å². The molecule has 8 amide bonds. The van der Waals surface area contributed by atoms with E-state index in [1.165, 1.54) is 87.9 Å². The van der Waals surface area contributed by atoms with Crippen LogP contribution in [0.15, 0.2) is 66.3 Å². The van der Waals surface area contributed by atoms with Gasteiger partial charge in [-0.3, -0.25) is 29.8 Å². The van der Waals surface area contributed by atoms with Gasteiger partial charge in [0.2, 0.25) is 23.6 Å². The fourth-order valence-corrected chi connectivity index (χ4v) is 10.7. The van der Waals surface area contributed by atoms with Crippen LogP contribution in [0.25, 0.3) is 0 Å². The summed E-state index contributed by atoms with van der Waals surface area (Å²) in [5, 5.41) is 22.5. The molecule has 0 radical (unpaired) electrons. The van der Waals surface area contributed by atoms with Crippen molar-refractivity contribution in [3.05, 3.63) is 82.4 Å². The number of carbonyl (C=O) groups is 9. The molecule has 2 unspecified atom stereocenters. The van der Waals surface area contributed by atoms with Crippen molar-refractivity contribution >= 4 is 94.4 Å². The van der Waals surface area contributed by atoms with Gasteiger partial charge in [0.1, 0.15) is 66.8 Å². The summed E-state index contributed by atoms with van der Waals surface area (Å²) in [5.74, 6) is -2.85. The van der Waals surface area contributed by atoms with Gasteiger partial charge in [0.05, 0.1) is 62.1 Å². The molecule has 2 aromatic rings. The summed E-state index contributed by atoms with van der Waals surface area (Å²) in [6, 6.07) is 6.80. The van der Waals surface area contributed by atoms with Crippen LogP contribution in [0.3, 0.4) is 0 Å². The third-order valence-corrected chi connectivity index (χ3v) is 16.6. The van der Waals surface area contributed by atoms with E-state index in [0.29, 0.717) is 23.4 Å². The molecular weight excluding hydrogens is 1230 g/mol. The molecule has 4 aliphatic rings. The Labute approximate surface area is 537 Å². The zero-order valence-electron chi connectivity index (χ0n) is 53.0. The maximum atomic E-state index is 14.4. The molecule has 0 spiro atoms. The number of epoxide rings is 1. The Morgan fingerprint density at radius 2 is 1.67 bits per heavy atom. The smallest absolute Gasteiger partial charge is 0.412 e. The van der Waals surface area contributed by atoms with Crippen molar-refractivity contribution < 1.29 is 95.6 Å². The number of fused-ring (bicyclic) bond motifs is 5. The van der Waals surface area contributed by atoms with Crippen molar-refractivity contribution in [2.24, 2.45) is 5.92 Å². The van der Waals surface area contributed by atoms with Gasteiger partial charge in [-0.1, -0.05) is 54.5 Å². The highest BCUT2D eigenvalue weighted by molar-refractivity contribution is 7.99. The van der Waals surface area contributed by atoms with E-state index in [2.05, 4.69) is 21.3 Å². The summed E-state index contributed by atoms with van der Waals surface area (Å²) in [7, 11) is 8.60. The molecule has 4 heterocycles. The summed E-state index contributed by atoms with van der Waals surface area (Å²) in [6.45, 7) is 6.42. The number of thioether (sulfide) groups is 1. The number of halogens is 1. The van der Waals surface area contributed by atoms with Gasteiger partial charge >= 0.3 is 30.3 Å². The molecule has 500 valence electrons. The SMILES string of the molecule is COc1cc2cc(c1Cl)N(C)C(=O)C[C@H](OC(=O)[C@H](C)N(C)C(=O)CCOC(=O)N(C)CCN(C)C(=O)OCc1ccc(NC(=O)OC3/C=C/COCOC3)c(NC(=O)CCNC(=O)CSC)c1)[C@]1(C)OC1[C@H](C)[C@@H]1C[C@@](O)(NC(=O)O1)[C@H](OC)/C=C/C=C(\C)C2. The van der Waals surface area contributed by atoms with Crippen LogP contribution in [-0.2, 0) is 79.6 Å². The second-order valence-corrected chi connectivity index (χ2v) is 23.7. The second-order valence-electron chi connectivity index (χ2n) is 22.5. The number of allylic oxidation sites excluding steroid dienone is 3. The molecule has 6 rings (SSSR count). The molecule has 2 fully saturated rings. The number of ether oxygens (including phenoxy) is 10. The Balaban J connectivity index is 1.03. The van der Waals surface area contributed by atoms with Crippen LogP contribution in [-0.4, -0.2) is 222 Å². The first kappa shape index (κ1) is 72.4. The number of rotatable bonds is 21. The lowest BCUT2D eigenvalue weighted by Gasteiger charge is -2.42. The first-order valence-corrected chi connectivity index (χ1v) is 31.1. The van der Waals surface area contributed by atoms with Crippen LogP contribution >= 0.6 is 23.4 Å². The van der Waals surface area contributed by atoms with Gasteiger partial charge in [-0.05, 0) is 74.9 Å². The minimum absolute atomic E-state index is 0.0128. The average Bonchev–Trinajstić information content (AvgIpc) is 1.60. The highest BCUT2D eigenvalue weighted by Crippen LogP contribution is 2.49. The Kier molecular flexibility index (Phi) is 26.7. The maximum absolute atomic E-state index is 14.4. The lowest BCUT2D eigenvalue weighted by atomic mass is 9.83. The number of amides is 8. The molecule has 91 heavy (non-hydrogen) atoms. The van der Waals surface area contributed by atoms with Crippen molar-refractivity contribution in [3.8, 4) is 5.75 Å². The van der Waals surface area contributed by atoms with Gasteiger partial charge in [-0.2, -0.15) is 11.8 Å². The first-order valence-electron chi connectivity index (χ1n) is 29.3. The minimum atomic E-state index is -1.91. The van der Waals surface area contributed by atoms with Crippen molar-refractivity contribution in [2.45, 2.75) is 114 Å². The van der Waals surface area contributed by atoms with Gasteiger partial charge in [-0.25, -0.2) is 24.0 Å². The number of nitrogens with one attached hydrogen (secondary N) is 4. The fourth-order valence-electron chi connectivity index (χ4n) is 10.0. The molecule has 2 saturated heterocycles. The Bertz CT molecular complexity index is 3060. The number of alkyl carbamates (subject to hydrolysis) is 1. The van der Waals surface area contributed by atoms with E-state index in [1.54, 1.807) is 62.6 Å². The standard InChI is InChI=1S/C61H83ClN8O20S/c1-36-14-12-16-47(82-10)61(80)31-46(88-57(77)66-61)37(2)54-60(4,90-54)48(30-52(74)70(8)44-28-40(26-36)29-45(81-9)53(44)62)89-55(75)38(3)69(7)51(73)20-25-85-58(78)67(5)22-23-68(6)59(79)86-32-39-17-18-42(65-56(76)87-41-15-13-24-83-35-84-33-41)43(27-39)64-49(71)19-21-63-50(72)34-91-11/h12-18,27-29,37-38,41,46-48,54,80H,19-26,30-35H2,1-11H3,(H,63,72)(H,64,71)(H,65,76)(H,66,77)/b15-13+,16-12+,36-14+/t37-,38+,41?,46+,47-,48+,54?,60+,61+/m1/s1. The lowest BCUT2D eigenvalue weighted by Crippen LogP contribution is -2.63. The number of methoxy groups -OCH3 is 2. The largest absolute Gasteiger partial charge is 0.495 e. The summed E-state index contributed by atoms with van der Waals surface area (Å²) >= 11 is 8.16. The predicted octanol–water partition coefficient (Wildman–Crippen LogP) is 5.53. The van der Waals surface area contributed by atoms with Gasteiger partial charge in [0.15, 0.2) is 5.72 Å². The van der Waals surface area contributed by atoms with E-state index >= 15 is 0 Å². The number of carbonyl (C=O) groups excluding carboxylic acids is 9. The van der Waals surface area contributed by atoms with Crippen molar-refractivity contribution in [3.63, 3.8) is 0 Å². The molecule has 2 aromatic carbocycles. The van der Waals surface area contributed by atoms with Crippen molar-refractivity contribution in [1.29, 1.82) is 0 Å². The number of aliphatic hydroxyl groups is 1. The maximum Gasteiger partial charge on any atom is 0.412 e. The number of likely N-dealkylation sites (N-methyl/N-ethyl adjacent to an activating group) is 3. The molecule has 0 aromatic heterocycles. The van der Waals surface area contributed by atoms with Crippen LogP contribution < -0.4 is 30.9 Å². The Morgan fingerprint density at radius 3 is 2.37 bits per heavy atom. The van der Waals surface area contributed by atoms with Gasteiger partial charge in [0, 0.05) is 73.7 Å². The normalized spacial score (nSPS) is 24.8. The van der Waals surface area contributed by atoms with Gasteiger partial charge < -0.3 is 82.7 Å². The number of hydrogen-bond acceptors (Lipinski definition) is 21. The van der Waals surface area contributed by atoms with E-state index in [9.17, 15) is 48.3 Å².